The number of carbonyl (C=O) groups excluding carboxylic acids is 5. The molecule has 332 valence electrons. The molecule has 0 saturated carbocycles. The van der Waals surface area contributed by atoms with Crippen LogP contribution in [0.15, 0.2) is 29.4 Å². The number of benzene rings is 2. The first-order valence-electron chi connectivity index (χ1n) is 19.7. The predicted octanol–water partition coefficient (Wildman–Crippen LogP) is 4.38. The van der Waals surface area contributed by atoms with Gasteiger partial charge in [0.05, 0.1) is 53.6 Å². The summed E-state index contributed by atoms with van der Waals surface area (Å²) >= 11 is 0. The average Bonchev–Trinajstić information content (AvgIpc) is 3.23. The first-order valence-corrected chi connectivity index (χ1v) is 19.7. The molecule has 0 spiro atoms. The minimum Gasteiger partial charge on any atom is -0.469 e. The van der Waals surface area contributed by atoms with E-state index in [4.69, 9.17) is 21.4 Å². The zero-order valence-corrected chi connectivity index (χ0v) is 34.8. The largest absolute Gasteiger partial charge is 0.469 e. The summed E-state index contributed by atoms with van der Waals surface area (Å²) in [6.45, 7) is -1.49. The minimum atomic E-state index is -2.11. The standard InChI is InChI=1S/C41H52F4N8O8/c1-6-21-48-39(57)41(24-60-38(61-25-41)31-32(42)34(44)36(51-52-46)35(45)33(31)43)40(58)49-22-12-11-13-28(53(2,3)4)37(56)47-23-20-26-16-18-27(19-17-26)50-29(54)14-9-7-8-10-15-30(55)59-5/h1,16-19,28,38,46H,7-15,20-25H2,2-5H3,(H2-2,47,48,49,50,54,56,57,58)/p+2. The molecule has 3 rings (SSSR count). The molecule has 0 aromatic heterocycles. The Morgan fingerprint density at radius 3 is 2.07 bits per heavy atom. The number of hydrogen-bond donors (Lipinski definition) is 5. The van der Waals surface area contributed by atoms with Crippen molar-refractivity contribution in [3.8, 4) is 12.3 Å². The fraction of sp³-hybridized carbons (Fsp3) is 0.537. The number of unbranched alkanes of at least 4 members (excludes halogenated alkanes) is 4. The number of carbonyl (C=O) groups is 5. The SMILES string of the molecule is C#CCNC(=O)C1(C(=O)NCCCCC(C(=O)NCCc2ccc(NC(=O)CCCCCCC(=O)OC)cc2)[N+](C)(C)C)COC(c2c(F)c(F)c(N=[N+]=N)c(F)c2F)OC1. The third-order valence-corrected chi connectivity index (χ3v) is 9.98. The minimum absolute atomic E-state index is 0.0541. The van der Waals surface area contributed by atoms with Crippen LogP contribution >= 0.6 is 0 Å². The lowest BCUT2D eigenvalue weighted by Gasteiger charge is -2.37. The van der Waals surface area contributed by atoms with Gasteiger partial charge in [-0.05, 0) is 49.8 Å². The van der Waals surface area contributed by atoms with Crippen molar-refractivity contribution < 1.29 is 60.2 Å². The van der Waals surface area contributed by atoms with E-state index in [1.807, 2.05) is 33.3 Å². The predicted molar refractivity (Wildman–Crippen MR) is 212 cm³/mol. The van der Waals surface area contributed by atoms with Gasteiger partial charge in [0.2, 0.25) is 28.3 Å². The molecule has 1 aliphatic rings. The molecular formula is C41H54F4N8O8+2. The smallest absolute Gasteiger partial charge is 0.305 e. The van der Waals surface area contributed by atoms with Gasteiger partial charge in [0, 0.05) is 38.0 Å². The number of anilines is 1. The number of nitrogens with one attached hydrogen (secondary N) is 5. The van der Waals surface area contributed by atoms with Crippen LogP contribution in [0.2, 0.25) is 0 Å². The lowest BCUT2D eigenvalue weighted by Crippen LogP contribution is -2.59. The van der Waals surface area contributed by atoms with Gasteiger partial charge in [-0.15, -0.1) is 6.42 Å². The number of esters is 1. The number of nitrogens with zero attached hydrogens (tertiary/aromatic N) is 3. The topological polar surface area (TPSA) is 211 Å². The number of amides is 4. The van der Waals surface area contributed by atoms with Crippen molar-refractivity contribution in [2.45, 2.75) is 76.5 Å². The van der Waals surface area contributed by atoms with Crippen LogP contribution in [0.5, 0.6) is 0 Å². The molecule has 20 heteroatoms. The van der Waals surface area contributed by atoms with E-state index in [2.05, 4.69) is 42.0 Å². The summed E-state index contributed by atoms with van der Waals surface area (Å²) in [7, 11) is 7.02. The molecular weight excluding hydrogens is 808 g/mol. The van der Waals surface area contributed by atoms with Crippen LogP contribution in [0.4, 0.5) is 28.9 Å². The van der Waals surface area contributed by atoms with Gasteiger partial charge in [0.25, 0.3) is 5.91 Å². The molecule has 1 saturated heterocycles. The van der Waals surface area contributed by atoms with E-state index < -0.39 is 77.3 Å². The van der Waals surface area contributed by atoms with E-state index in [9.17, 15) is 41.5 Å². The maximum absolute atomic E-state index is 14.8. The molecule has 4 amide bonds. The van der Waals surface area contributed by atoms with E-state index in [1.54, 1.807) is 12.1 Å². The molecule has 1 aliphatic heterocycles. The van der Waals surface area contributed by atoms with E-state index in [0.29, 0.717) is 61.7 Å². The Morgan fingerprint density at radius 2 is 1.49 bits per heavy atom. The first-order chi connectivity index (χ1) is 29.0. The third-order valence-electron chi connectivity index (χ3n) is 9.98. The van der Waals surface area contributed by atoms with Gasteiger partial charge in [-0.1, -0.05) is 30.9 Å². The first kappa shape index (κ1) is 49.6. The molecule has 2 aromatic rings. The van der Waals surface area contributed by atoms with Crippen LogP contribution in [0.1, 0.15) is 75.2 Å². The van der Waals surface area contributed by atoms with E-state index >= 15 is 0 Å². The number of rotatable bonds is 23. The number of halogens is 4. The van der Waals surface area contributed by atoms with Crippen molar-refractivity contribution in [3.05, 3.63) is 58.7 Å². The Labute approximate surface area is 351 Å². The lowest BCUT2D eigenvalue weighted by molar-refractivity contribution is -0.886. The van der Waals surface area contributed by atoms with Crippen molar-refractivity contribution in [3.63, 3.8) is 0 Å². The Morgan fingerprint density at radius 1 is 0.885 bits per heavy atom. The Balaban J connectivity index is 1.49. The maximum atomic E-state index is 14.8. The van der Waals surface area contributed by atoms with E-state index in [1.165, 1.54) is 7.11 Å². The number of hydrogen-bond acceptors (Lipinski definition) is 10. The fourth-order valence-corrected chi connectivity index (χ4v) is 6.48. The fourth-order valence-electron chi connectivity index (χ4n) is 6.48. The molecule has 16 nitrogen and oxygen atoms in total. The molecule has 1 atom stereocenters. The van der Waals surface area contributed by atoms with Gasteiger partial charge in [-0.2, -0.15) is 0 Å². The number of methoxy groups -OCH3 is 1. The summed E-state index contributed by atoms with van der Waals surface area (Å²) in [5.74, 6) is -7.87. The average molecular weight is 863 g/mol. The molecule has 0 radical (unpaired) electrons. The number of likely N-dealkylation sites (N-methyl/N-ethyl adjacent to an activating group) is 1. The quantitative estimate of drug-likeness (QED) is 0.0124. The zero-order chi connectivity index (χ0) is 45.2. The highest BCUT2D eigenvalue weighted by molar-refractivity contribution is 6.05. The normalized spacial score (nSPS) is 16.6. The molecule has 0 bridgehead atoms. The molecule has 1 unspecified atom stereocenters. The van der Waals surface area contributed by atoms with Crippen molar-refractivity contribution in [1.29, 1.82) is 5.53 Å². The number of ether oxygens (including phenoxy) is 3. The Kier molecular flexibility index (Phi) is 19.4. The van der Waals surface area contributed by atoms with Crippen LogP contribution in [0.25, 0.3) is 0 Å². The highest BCUT2D eigenvalue weighted by atomic mass is 19.2. The molecule has 1 fully saturated rings. The monoisotopic (exact) mass is 862 g/mol. The van der Waals surface area contributed by atoms with Gasteiger partial charge in [0.15, 0.2) is 46.1 Å². The second-order valence-corrected chi connectivity index (χ2v) is 15.3. The summed E-state index contributed by atoms with van der Waals surface area (Å²) in [5.41, 5.74) is 3.37. The van der Waals surface area contributed by atoms with Gasteiger partial charge >= 0.3 is 5.97 Å². The molecule has 1 heterocycles. The summed E-state index contributed by atoms with van der Waals surface area (Å²) < 4.78 is 74.2. The second-order valence-electron chi connectivity index (χ2n) is 15.3. The van der Waals surface area contributed by atoms with Crippen LogP contribution in [0.3, 0.4) is 0 Å². The summed E-state index contributed by atoms with van der Waals surface area (Å²) in [6, 6.07) is 6.92. The number of quaternary nitrogens is 1. The van der Waals surface area contributed by atoms with Gasteiger partial charge in [-0.25, -0.2) is 17.6 Å². The highest BCUT2D eigenvalue weighted by Crippen LogP contribution is 2.39. The zero-order valence-electron chi connectivity index (χ0n) is 34.8. The lowest BCUT2D eigenvalue weighted by atomic mass is 9.86. The molecule has 5 N–H and O–H groups in total. The van der Waals surface area contributed by atoms with Crippen molar-refractivity contribution in [1.82, 2.24) is 20.9 Å². The van der Waals surface area contributed by atoms with Gasteiger partial charge in [0.1, 0.15) is 5.53 Å². The van der Waals surface area contributed by atoms with Gasteiger partial charge < -0.3 is 40.0 Å². The summed E-state index contributed by atoms with van der Waals surface area (Å²) in [6.07, 6.45) is 8.93. The van der Waals surface area contributed by atoms with E-state index in [0.717, 1.165) is 24.8 Å². The Bertz CT molecular complexity index is 1930. The summed E-state index contributed by atoms with van der Waals surface area (Å²) in [4.78, 5) is 65.9. The van der Waals surface area contributed by atoms with Crippen molar-refractivity contribution >= 4 is 41.0 Å². The van der Waals surface area contributed by atoms with Crippen LogP contribution in [-0.4, -0.2) is 101 Å². The van der Waals surface area contributed by atoms with Crippen LogP contribution in [-0.2, 0) is 44.6 Å². The molecule has 2 aromatic carbocycles. The summed E-state index contributed by atoms with van der Waals surface area (Å²) in [5, 5.41) is 13.6. The van der Waals surface area contributed by atoms with Crippen molar-refractivity contribution in [2.24, 2.45) is 10.5 Å². The second kappa shape index (κ2) is 23.9. The highest BCUT2D eigenvalue weighted by Gasteiger charge is 2.51. The number of terminal acetylenes is 1. The van der Waals surface area contributed by atoms with Crippen molar-refractivity contribution in [2.75, 3.05) is 66.4 Å². The van der Waals surface area contributed by atoms with E-state index in [-0.39, 0.29) is 30.9 Å². The van der Waals surface area contributed by atoms with Crippen LogP contribution < -0.4 is 26.2 Å². The van der Waals surface area contributed by atoms with Gasteiger partial charge in [-0.3, -0.25) is 24.0 Å². The third kappa shape index (κ3) is 14.2. The molecule has 61 heavy (non-hydrogen) atoms. The maximum Gasteiger partial charge on any atom is 0.305 e. The molecule has 0 aliphatic carbocycles. The van der Waals surface area contributed by atoms with Crippen LogP contribution in [0, 0.1) is 46.6 Å². The Hall–Kier alpha value is -5.74.